The van der Waals surface area contributed by atoms with Gasteiger partial charge in [0.05, 0.1) is 15.6 Å². The molecular weight excluding hydrogens is 488 g/mol. The van der Waals surface area contributed by atoms with Crippen molar-refractivity contribution in [3.05, 3.63) is 87.4 Å². The third-order valence-electron chi connectivity index (χ3n) is 4.39. The van der Waals surface area contributed by atoms with Crippen LogP contribution in [-0.2, 0) is 14.8 Å². The fourth-order valence-electron chi connectivity index (χ4n) is 2.84. The van der Waals surface area contributed by atoms with Crippen LogP contribution in [0.3, 0.4) is 0 Å². The van der Waals surface area contributed by atoms with E-state index in [2.05, 4.69) is 21.2 Å². The Morgan fingerprint density at radius 3 is 2.33 bits per heavy atom. The van der Waals surface area contributed by atoms with Crippen LogP contribution in [0.5, 0.6) is 0 Å². The summed E-state index contributed by atoms with van der Waals surface area (Å²) in [6.45, 7) is 3.36. The van der Waals surface area contributed by atoms with Gasteiger partial charge in [0.1, 0.15) is 6.54 Å². The van der Waals surface area contributed by atoms with E-state index in [1.807, 2.05) is 19.9 Å². The fraction of sp³-hybridized carbons (Fsp3) is 0.136. The molecule has 8 heteroatoms. The number of rotatable bonds is 6. The molecule has 5 nitrogen and oxygen atoms in total. The molecule has 0 fully saturated rings. The summed E-state index contributed by atoms with van der Waals surface area (Å²) in [7, 11) is -3.95. The van der Waals surface area contributed by atoms with Gasteiger partial charge in [-0.2, -0.15) is 0 Å². The van der Waals surface area contributed by atoms with Crippen LogP contribution in [-0.4, -0.2) is 20.9 Å². The van der Waals surface area contributed by atoms with Crippen molar-refractivity contribution in [1.82, 2.24) is 0 Å². The molecule has 156 valence electrons. The Morgan fingerprint density at radius 2 is 1.70 bits per heavy atom. The first-order valence-electron chi connectivity index (χ1n) is 9.08. The quantitative estimate of drug-likeness (QED) is 0.475. The summed E-state index contributed by atoms with van der Waals surface area (Å²) >= 11 is 9.38. The van der Waals surface area contributed by atoms with Crippen LogP contribution in [0.4, 0.5) is 11.4 Å². The highest BCUT2D eigenvalue weighted by Crippen LogP contribution is 2.27. The van der Waals surface area contributed by atoms with Crippen LogP contribution in [0.1, 0.15) is 11.1 Å². The molecule has 0 aliphatic rings. The Hall–Kier alpha value is -2.35. The number of sulfonamides is 1. The van der Waals surface area contributed by atoms with Gasteiger partial charge in [-0.05, 0) is 77.8 Å². The summed E-state index contributed by atoms with van der Waals surface area (Å²) in [5, 5.41) is 3.15. The van der Waals surface area contributed by atoms with Crippen LogP contribution in [0.2, 0.25) is 5.02 Å². The number of nitrogens with zero attached hydrogens (tertiary/aromatic N) is 1. The normalized spacial score (nSPS) is 11.2. The van der Waals surface area contributed by atoms with Gasteiger partial charge >= 0.3 is 0 Å². The number of amides is 1. The number of nitrogens with one attached hydrogen (secondary N) is 1. The molecular formula is C22H20BrClN2O3S. The van der Waals surface area contributed by atoms with Gasteiger partial charge in [-0.1, -0.05) is 41.4 Å². The highest BCUT2D eigenvalue weighted by atomic mass is 79.9. The van der Waals surface area contributed by atoms with Crippen molar-refractivity contribution in [2.75, 3.05) is 16.2 Å². The number of carbonyl (C=O) groups is 1. The second-order valence-corrected chi connectivity index (χ2v) is 9.96. The molecule has 0 bridgehead atoms. The van der Waals surface area contributed by atoms with E-state index in [0.29, 0.717) is 20.9 Å². The molecule has 0 saturated heterocycles. The second kappa shape index (κ2) is 9.20. The first-order chi connectivity index (χ1) is 14.2. The standard InChI is InChI=1S/C22H20BrClN2O3S/c1-15-6-9-19(10-7-15)30(28,29)26(18-5-3-4-16(2)12-18)14-22(27)25-17-8-11-20(23)21(24)13-17/h3-13H,14H2,1-2H3,(H,25,27). The Balaban J connectivity index is 1.94. The Morgan fingerprint density at radius 1 is 1.00 bits per heavy atom. The molecule has 3 rings (SSSR count). The van der Waals surface area contributed by atoms with Crippen LogP contribution >= 0.6 is 27.5 Å². The van der Waals surface area contributed by atoms with Gasteiger partial charge in [-0.3, -0.25) is 9.10 Å². The first-order valence-corrected chi connectivity index (χ1v) is 11.7. The SMILES string of the molecule is Cc1ccc(S(=O)(=O)N(CC(=O)Nc2ccc(Br)c(Cl)c2)c2cccc(C)c2)cc1. The summed E-state index contributed by atoms with van der Waals surface area (Å²) in [4.78, 5) is 12.9. The molecule has 0 unspecified atom stereocenters. The van der Waals surface area contributed by atoms with Crippen LogP contribution in [0.15, 0.2) is 76.1 Å². The van der Waals surface area contributed by atoms with E-state index >= 15 is 0 Å². The fourth-order valence-corrected chi connectivity index (χ4v) is 4.68. The van der Waals surface area contributed by atoms with E-state index in [0.717, 1.165) is 15.4 Å². The number of aryl methyl sites for hydroxylation is 2. The molecule has 0 aromatic heterocycles. The Bertz CT molecular complexity index is 1180. The molecule has 0 atom stereocenters. The predicted molar refractivity (Wildman–Crippen MR) is 125 cm³/mol. The molecule has 1 amide bonds. The molecule has 0 saturated carbocycles. The minimum Gasteiger partial charge on any atom is -0.324 e. The van der Waals surface area contributed by atoms with Crippen molar-refractivity contribution < 1.29 is 13.2 Å². The lowest BCUT2D eigenvalue weighted by Gasteiger charge is -2.24. The first kappa shape index (κ1) is 22.3. The molecule has 0 aliphatic heterocycles. The molecule has 1 N–H and O–H groups in total. The third-order valence-corrected chi connectivity index (χ3v) is 7.41. The molecule has 0 aliphatic carbocycles. The van der Waals surface area contributed by atoms with Crippen molar-refractivity contribution in [2.45, 2.75) is 18.7 Å². The minimum atomic E-state index is -3.95. The summed E-state index contributed by atoms with van der Waals surface area (Å²) in [6, 6.07) is 18.5. The maximum Gasteiger partial charge on any atom is 0.264 e. The highest BCUT2D eigenvalue weighted by molar-refractivity contribution is 9.10. The third kappa shape index (κ3) is 5.22. The molecule has 0 heterocycles. The van der Waals surface area contributed by atoms with Gasteiger partial charge < -0.3 is 5.32 Å². The molecule has 3 aromatic carbocycles. The van der Waals surface area contributed by atoms with Crippen molar-refractivity contribution in [3.63, 3.8) is 0 Å². The average Bonchev–Trinajstić information content (AvgIpc) is 2.69. The van der Waals surface area contributed by atoms with Crippen molar-refractivity contribution in [1.29, 1.82) is 0 Å². The maximum atomic E-state index is 13.4. The van der Waals surface area contributed by atoms with Gasteiger partial charge in [0.15, 0.2) is 0 Å². The van der Waals surface area contributed by atoms with Gasteiger partial charge in [-0.25, -0.2) is 8.42 Å². The second-order valence-electron chi connectivity index (χ2n) is 6.84. The Kier molecular flexibility index (Phi) is 6.85. The number of halogens is 2. The maximum absolute atomic E-state index is 13.4. The van der Waals surface area contributed by atoms with Crippen molar-refractivity contribution in [2.24, 2.45) is 0 Å². The zero-order valence-electron chi connectivity index (χ0n) is 16.4. The zero-order valence-corrected chi connectivity index (χ0v) is 19.6. The van der Waals surface area contributed by atoms with Crippen LogP contribution < -0.4 is 9.62 Å². The van der Waals surface area contributed by atoms with Crippen LogP contribution in [0.25, 0.3) is 0 Å². The van der Waals surface area contributed by atoms with Crippen molar-refractivity contribution >= 4 is 54.8 Å². The molecule has 30 heavy (non-hydrogen) atoms. The van der Waals surface area contributed by atoms with Gasteiger partial charge in [-0.15, -0.1) is 0 Å². The molecule has 0 radical (unpaired) electrons. The lowest BCUT2D eigenvalue weighted by molar-refractivity contribution is -0.114. The number of benzene rings is 3. The average molecular weight is 508 g/mol. The van der Waals surface area contributed by atoms with Gasteiger partial charge in [0.25, 0.3) is 10.0 Å². The molecule has 3 aromatic rings. The zero-order chi connectivity index (χ0) is 21.9. The van der Waals surface area contributed by atoms with Crippen molar-refractivity contribution in [3.8, 4) is 0 Å². The van der Waals surface area contributed by atoms with E-state index in [9.17, 15) is 13.2 Å². The summed E-state index contributed by atoms with van der Waals surface area (Å²) in [5.74, 6) is -0.481. The van der Waals surface area contributed by atoms with E-state index in [1.165, 1.54) is 0 Å². The monoisotopic (exact) mass is 506 g/mol. The Labute approximate surface area is 189 Å². The van der Waals surface area contributed by atoms with Crippen LogP contribution in [0, 0.1) is 13.8 Å². The largest absolute Gasteiger partial charge is 0.324 e. The topological polar surface area (TPSA) is 66.5 Å². The lowest BCUT2D eigenvalue weighted by atomic mass is 10.2. The van der Waals surface area contributed by atoms with E-state index in [1.54, 1.807) is 60.7 Å². The summed E-state index contributed by atoms with van der Waals surface area (Å²) < 4.78 is 28.5. The molecule has 0 spiro atoms. The summed E-state index contributed by atoms with van der Waals surface area (Å²) in [5.41, 5.74) is 2.72. The smallest absolute Gasteiger partial charge is 0.264 e. The van der Waals surface area contributed by atoms with Gasteiger partial charge in [0, 0.05) is 10.2 Å². The minimum absolute atomic E-state index is 0.120. The number of carbonyl (C=O) groups excluding carboxylic acids is 1. The summed E-state index contributed by atoms with van der Waals surface area (Å²) in [6.07, 6.45) is 0. The van der Waals surface area contributed by atoms with E-state index in [4.69, 9.17) is 11.6 Å². The van der Waals surface area contributed by atoms with Gasteiger partial charge in [0.2, 0.25) is 5.91 Å². The number of hydrogen-bond donors (Lipinski definition) is 1. The highest BCUT2D eigenvalue weighted by Gasteiger charge is 2.27. The van der Waals surface area contributed by atoms with E-state index in [-0.39, 0.29) is 11.4 Å². The number of anilines is 2. The lowest BCUT2D eigenvalue weighted by Crippen LogP contribution is -2.38. The van der Waals surface area contributed by atoms with E-state index < -0.39 is 15.9 Å². The predicted octanol–water partition coefficient (Wildman–Crippen LogP) is 5.55. The number of hydrogen-bond acceptors (Lipinski definition) is 3.